The molecule has 1 rings (SSSR count). The fraction of sp³-hybridized carbons (Fsp3) is 0.250. The van der Waals surface area contributed by atoms with Gasteiger partial charge in [0.2, 0.25) is 0 Å². The summed E-state index contributed by atoms with van der Waals surface area (Å²) in [5.74, 6) is 0. The van der Waals surface area contributed by atoms with Crippen molar-refractivity contribution in [2.45, 2.75) is 13.0 Å². The second-order valence-corrected chi connectivity index (χ2v) is 4.72. The van der Waals surface area contributed by atoms with Crippen molar-refractivity contribution >= 4 is 33.6 Å². The van der Waals surface area contributed by atoms with E-state index in [1.54, 1.807) is 6.07 Å². The highest BCUT2D eigenvalue weighted by Crippen LogP contribution is 2.28. The zero-order chi connectivity index (χ0) is 11.6. The van der Waals surface area contributed by atoms with Gasteiger partial charge in [0.15, 0.2) is 0 Å². The molecule has 1 N–H and O–H groups in total. The molecule has 0 amide bonds. The van der Waals surface area contributed by atoms with Crippen LogP contribution in [0, 0.1) is 0 Å². The molecule has 15 heavy (non-hydrogen) atoms. The van der Waals surface area contributed by atoms with Crippen molar-refractivity contribution in [3.63, 3.8) is 0 Å². The fourth-order valence-corrected chi connectivity index (χ4v) is 1.98. The van der Waals surface area contributed by atoms with Gasteiger partial charge in [-0.25, -0.2) is 4.18 Å². The lowest BCUT2D eigenvalue weighted by Crippen LogP contribution is -2.08. The minimum absolute atomic E-state index is 0.315. The summed E-state index contributed by atoms with van der Waals surface area (Å²) >= 11 is 11.5. The van der Waals surface area contributed by atoms with E-state index < -0.39 is 16.5 Å². The number of halogens is 2. The summed E-state index contributed by atoms with van der Waals surface area (Å²) in [5.41, 5.74) is 0.391. The minimum atomic E-state index is -4.50. The maximum Gasteiger partial charge on any atom is 0.397 e. The average molecular weight is 271 g/mol. The molecule has 0 saturated carbocycles. The average Bonchev–Trinajstić information content (AvgIpc) is 2.06. The Kier molecular flexibility index (Phi) is 3.97. The lowest BCUT2D eigenvalue weighted by atomic mass is 10.1. The molecule has 0 saturated heterocycles. The molecule has 4 nitrogen and oxygen atoms in total. The summed E-state index contributed by atoms with van der Waals surface area (Å²) in [4.78, 5) is 0. The first-order valence-corrected chi connectivity index (χ1v) is 6.02. The molecule has 1 aromatic carbocycles. The lowest BCUT2D eigenvalue weighted by molar-refractivity contribution is 0.201. The molecular weight excluding hydrogens is 263 g/mol. The van der Waals surface area contributed by atoms with Gasteiger partial charge in [-0.2, -0.15) is 8.42 Å². The van der Waals surface area contributed by atoms with Gasteiger partial charge < -0.3 is 0 Å². The van der Waals surface area contributed by atoms with Crippen molar-refractivity contribution in [2.24, 2.45) is 0 Å². The second kappa shape index (κ2) is 4.67. The summed E-state index contributed by atoms with van der Waals surface area (Å²) in [5, 5.41) is 0.718. The first-order valence-electron chi connectivity index (χ1n) is 3.90. The molecule has 0 bridgehead atoms. The van der Waals surface area contributed by atoms with Crippen LogP contribution in [0.1, 0.15) is 18.6 Å². The number of hydrogen-bond donors (Lipinski definition) is 1. The molecule has 0 aromatic heterocycles. The Morgan fingerprint density at radius 1 is 1.40 bits per heavy atom. The molecule has 0 aliphatic heterocycles. The van der Waals surface area contributed by atoms with Crippen LogP contribution in [0.4, 0.5) is 0 Å². The summed E-state index contributed by atoms with van der Waals surface area (Å²) < 4.78 is 33.8. The van der Waals surface area contributed by atoms with E-state index in [2.05, 4.69) is 4.18 Å². The van der Waals surface area contributed by atoms with Gasteiger partial charge in [-0.05, 0) is 25.1 Å². The normalized spacial score (nSPS) is 13.9. The topological polar surface area (TPSA) is 63.6 Å². The van der Waals surface area contributed by atoms with Gasteiger partial charge in [0, 0.05) is 15.6 Å². The molecule has 1 unspecified atom stereocenters. The van der Waals surface area contributed by atoms with E-state index in [1.807, 2.05) is 0 Å². The Labute approximate surface area is 97.7 Å². The van der Waals surface area contributed by atoms with Crippen molar-refractivity contribution in [1.82, 2.24) is 0 Å². The third-order valence-electron chi connectivity index (χ3n) is 1.66. The molecule has 1 aromatic rings. The molecule has 0 fully saturated rings. The van der Waals surface area contributed by atoms with E-state index in [0.29, 0.717) is 15.6 Å². The number of hydrogen-bond acceptors (Lipinski definition) is 3. The van der Waals surface area contributed by atoms with Crippen LogP contribution < -0.4 is 0 Å². The van der Waals surface area contributed by atoms with Crippen LogP contribution in [-0.4, -0.2) is 13.0 Å². The van der Waals surface area contributed by atoms with E-state index in [-0.39, 0.29) is 0 Å². The van der Waals surface area contributed by atoms with Crippen LogP contribution >= 0.6 is 23.2 Å². The SMILES string of the molecule is CC(OS(=O)(=O)O)c1cc(Cl)ccc1Cl. The van der Waals surface area contributed by atoms with E-state index >= 15 is 0 Å². The highest BCUT2D eigenvalue weighted by atomic mass is 35.5. The quantitative estimate of drug-likeness (QED) is 0.858. The standard InChI is InChI=1S/C8H8Cl2O4S/c1-5(14-15(11,12)13)7-4-6(9)2-3-8(7)10/h2-5H,1H3,(H,11,12,13). The summed E-state index contributed by atoms with van der Waals surface area (Å²) in [6.07, 6.45) is -0.897. The molecule has 0 heterocycles. The van der Waals surface area contributed by atoms with Gasteiger partial charge in [0.25, 0.3) is 0 Å². The highest BCUT2D eigenvalue weighted by Gasteiger charge is 2.17. The minimum Gasteiger partial charge on any atom is -0.264 e. The van der Waals surface area contributed by atoms with E-state index in [0.717, 1.165) is 0 Å². The van der Waals surface area contributed by atoms with Crippen molar-refractivity contribution in [3.8, 4) is 0 Å². The van der Waals surface area contributed by atoms with Gasteiger partial charge >= 0.3 is 10.4 Å². The van der Waals surface area contributed by atoms with Gasteiger partial charge in [-0.3, -0.25) is 4.55 Å². The number of rotatable bonds is 3. The van der Waals surface area contributed by atoms with E-state index in [4.69, 9.17) is 27.8 Å². The lowest BCUT2D eigenvalue weighted by Gasteiger charge is -2.12. The second-order valence-electron chi connectivity index (χ2n) is 2.83. The zero-order valence-corrected chi connectivity index (χ0v) is 9.97. The fourth-order valence-electron chi connectivity index (χ4n) is 1.06. The molecular formula is C8H8Cl2O4S. The van der Waals surface area contributed by atoms with Crippen LogP contribution in [0.25, 0.3) is 0 Å². The molecule has 0 radical (unpaired) electrons. The zero-order valence-electron chi connectivity index (χ0n) is 7.65. The maximum absolute atomic E-state index is 10.5. The maximum atomic E-state index is 10.5. The van der Waals surface area contributed by atoms with Gasteiger partial charge in [-0.15, -0.1) is 0 Å². The van der Waals surface area contributed by atoms with Crippen molar-refractivity contribution < 1.29 is 17.2 Å². The number of benzene rings is 1. The van der Waals surface area contributed by atoms with Crippen molar-refractivity contribution in [1.29, 1.82) is 0 Å². The Bertz CT molecular complexity index is 458. The summed E-state index contributed by atoms with van der Waals surface area (Å²) in [7, 11) is -4.50. The summed E-state index contributed by atoms with van der Waals surface area (Å²) in [6.45, 7) is 1.44. The van der Waals surface area contributed by atoms with Crippen LogP contribution in [0.2, 0.25) is 10.0 Å². The molecule has 84 valence electrons. The Hall–Kier alpha value is -0.330. The molecule has 0 aliphatic carbocycles. The first-order chi connectivity index (χ1) is 6.79. The van der Waals surface area contributed by atoms with E-state index in [1.165, 1.54) is 19.1 Å². The van der Waals surface area contributed by atoms with Crippen LogP contribution in [0.3, 0.4) is 0 Å². The Morgan fingerprint density at radius 3 is 2.53 bits per heavy atom. The monoisotopic (exact) mass is 270 g/mol. The highest BCUT2D eigenvalue weighted by molar-refractivity contribution is 7.80. The van der Waals surface area contributed by atoms with Crippen LogP contribution in [0.15, 0.2) is 18.2 Å². The third kappa shape index (κ3) is 3.96. The van der Waals surface area contributed by atoms with Gasteiger partial charge in [-0.1, -0.05) is 23.2 Å². The predicted octanol–water partition coefficient (Wildman–Crippen LogP) is 2.87. The van der Waals surface area contributed by atoms with E-state index in [9.17, 15) is 8.42 Å². The smallest absolute Gasteiger partial charge is 0.264 e. The van der Waals surface area contributed by atoms with Crippen molar-refractivity contribution in [2.75, 3.05) is 0 Å². The molecule has 1 atom stereocenters. The molecule has 0 spiro atoms. The van der Waals surface area contributed by atoms with Crippen LogP contribution in [-0.2, 0) is 14.6 Å². The van der Waals surface area contributed by atoms with Crippen LogP contribution in [0.5, 0.6) is 0 Å². The van der Waals surface area contributed by atoms with Gasteiger partial charge in [0.05, 0.1) is 0 Å². The van der Waals surface area contributed by atoms with Gasteiger partial charge in [0.1, 0.15) is 6.10 Å². The predicted molar refractivity (Wildman–Crippen MR) is 57.5 cm³/mol. The first kappa shape index (κ1) is 12.7. The Morgan fingerprint density at radius 2 is 2.00 bits per heavy atom. The third-order valence-corrected chi connectivity index (χ3v) is 2.77. The summed E-state index contributed by atoms with van der Waals surface area (Å²) in [6, 6.07) is 4.55. The molecule has 0 aliphatic rings. The van der Waals surface area contributed by atoms with Crippen molar-refractivity contribution in [3.05, 3.63) is 33.8 Å². The Balaban J connectivity index is 3.00. The molecule has 7 heteroatoms. The largest absolute Gasteiger partial charge is 0.397 e.